The number of Topliss-reactive ketones (excluding diaryl/α,β-unsaturated/α-hetero) is 1. The predicted molar refractivity (Wildman–Crippen MR) is 65.6 cm³/mol. The van der Waals surface area contributed by atoms with E-state index in [4.69, 9.17) is 4.74 Å². The molecule has 94 valence electrons. The fraction of sp³-hybridized carbons (Fsp3) is 0.923. The molecule has 16 heavy (non-hydrogen) atoms. The number of carbonyl (C=O) groups is 1. The number of hydrogen-bond donors (Lipinski definition) is 0. The van der Waals surface area contributed by atoms with Gasteiger partial charge in [0.2, 0.25) is 0 Å². The van der Waals surface area contributed by atoms with E-state index < -0.39 is 0 Å². The maximum atomic E-state index is 11.8. The highest BCUT2D eigenvalue weighted by atomic mass is 16.5. The standard InChI is InChI=1S/C13H25NO2/c1-10(2)16-12-6-8-13(9-7-12,11(3)15)14(4)5/h10,12H,6-9H2,1-5H3. The molecule has 0 aromatic heterocycles. The molecule has 3 nitrogen and oxygen atoms in total. The summed E-state index contributed by atoms with van der Waals surface area (Å²) in [7, 11) is 4.01. The number of likely N-dealkylation sites (N-methyl/N-ethyl adjacent to an activating group) is 1. The molecule has 0 heterocycles. The molecule has 1 fully saturated rings. The minimum Gasteiger partial charge on any atom is -0.376 e. The summed E-state index contributed by atoms with van der Waals surface area (Å²) >= 11 is 0. The van der Waals surface area contributed by atoms with Crippen LogP contribution in [0.4, 0.5) is 0 Å². The number of carbonyl (C=O) groups excluding carboxylic acids is 1. The average Bonchev–Trinajstić information content (AvgIpc) is 2.17. The molecule has 0 aromatic carbocycles. The highest BCUT2D eigenvalue weighted by molar-refractivity contribution is 5.86. The molecule has 0 amide bonds. The van der Waals surface area contributed by atoms with Crippen LogP contribution in [0.1, 0.15) is 46.5 Å². The second kappa shape index (κ2) is 5.28. The zero-order chi connectivity index (χ0) is 12.3. The zero-order valence-electron chi connectivity index (χ0n) is 11.2. The molecule has 0 N–H and O–H groups in total. The molecule has 1 aliphatic carbocycles. The number of hydrogen-bond acceptors (Lipinski definition) is 3. The van der Waals surface area contributed by atoms with Crippen molar-refractivity contribution in [2.75, 3.05) is 14.1 Å². The van der Waals surface area contributed by atoms with Crippen LogP contribution in [-0.4, -0.2) is 42.5 Å². The smallest absolute Gasteiger partial charge is 0.149 e. The van der Waals surface area contributed by atoms with Gasteiger partial charge in [-0.1, -0.05) is 0 Å². The Morgan fingerprint density at radius 3 is 2.12 bits per heavy atom. The van der Waals surface area contributed by atoms with Crippen molar-refractivity contribution in [2.45, 2.75) is 64.2 Å². The molecule has 0 unspecified atom stereocenters. The number of ketones is 1. The Balaban J connectivity index is 2.60. The first kappa shape index (κ1) is 13.7. The molecule has 1 rings (SSSR count). The van der Waals surface area contributed by atoms with Crippen molar-refractivity contribution < 1.29 is 9.53 Å². The number of ether oxygens (including phenoxy) is 1. The first-order valence-corrected chi connectivity index (χ1v) is 6.22. The van der Waals surface area contributed by atoms with Crippen LogP contribution in [0.5, 0.6) is 0 Å². The van der Waals surface area contributed by atoms with Crippen molar-refractivity contribution >= 4 is 5.78 Å². The van der Waals surface area contributed by atoms with Crippen molar-refractivity contribution in [1.82, 2.24) is 4.90 Å². The van der Waals surface area contributed by atoms with Gasteiger partial charge in [-0.3, -0.25) is 9.69 Å². The first-order chi connectivity index (χ1) is 7.38. The summed E-state index contributed by atoms with van der Waals surface area (Å²) in [5.74, 6) is 0.292. The monoisotopic (exact) mass is 227 g/mol. The lowest BCUT2D eigenvalue weighted by atomic mass is 9.77. The maximum absolute atomic E-state index is 11.8. The topological polar surface area (TPSA) is 29.5 Å². The van der Waals surface area contributed by atoms with Crippen LogP contribution in [0, 0.1) is 0 Å². The van der Waals surface area contributed by atoms with E-state index in [-0.39, 0.29) is 11.6 Å². The molecule has 0 bridgehead atoms. The summed E-state index contributed by atoms with van der Waals surface area (Å²) < 4.78 is 5.81. The quantitative estimate of drug-likeness (QED) is 0.737. The SMILES string of the molecule is CC(=O)C1(N(C)C)CCC(OC(C)C)CC1. The van der Waals surface area contributed by atoms with E-state index in [1.807, 2.05) is 14.1 Å². The summed E-state index contributed by atoms with van der Waals surface area (Å²) in [6.07, 6.45) is 4.47. The van der Waals surface area contributed by atoms with Gasteiger partial charge in [0.25, 0.3) is 0 Å². The Hall–Kier alpha value is -0.410. The van der Waals surface area contributed by atoms with Crippen molar-refractivity contribution in [1.29, 1.82) is 0 Å². The molecule has 3 heteroatoms. The second-order valence-electron chi connectivity index (χ2n) is 5.37. The molecular formula is C13H25NO2. The average molecular weight is 227 g/mol. The zero-order valence-corrected chi connectivity index (χ0v) is 11.2. The van der Waals surface area contributed by atoms with Crippen molar-refractivity contribution in [3.63, 3.8) is 0 Å². The minimum atomic E-state index is -0.239. The summed E-state index contributed by atoms with van der Waals surface area (Å²) in [6.45, 7) is 5.85. The predicted octanol–water partition coefficient (Wildman–Crippen LogP) is 2.24. The molecule has 0 saturated heterocycles. The van der Waals surface area contributed by atoms with Crippen molar-refractivity contribution in [3.8, 4) is 0 Å². The molecule has 0 atom stereocenters. The normalized spacial score (nSPS) is 31.1. The van der Waals surface area contributed by atoms with Crippen LogP contribution < -0.4 is 0 Å². The van der Waals surface area contributed by atoms with Gasteiger partial charge in [-0.15, -0.1) is 0 Å². The van der Waals surface area contributed by atoms with E-state index in [2.05, 4.69) is 18.7 Å². The van der Waals surface area contributed by atoms with E-state index in [0.717, 1.165) is 25.7 Å². The van der Waals surface area contributed by atoms with Crippen LogP contribution in [0.2, 0.25) is 0 Å². The van der Waals surface area contributed by atoms with Crippen LogP contribution in [0.25, 0.3) is 0 Å². The summed E-state index contributed by atoms with van der Waals surface area (Å²) in [6, 6.07) is 0. The summed E-state index contributed by atoms with van der Waals surface area (Å²) in [5, 5.41) is 0. The Morgan fingerprint density at radius 2 is 1.81 bits per heavy atom. The van der Waals surface area contributed by atoms with Crippen LogP contribution in [0.3, 0.4) is 0 Å². The van der Waals surface area contributed by atoms with Crippen LogP contribution in [-0.2, 0) is 9.53 Å². The van der Waals surface area contributed by atoms with Gasteiger partial charge in [-0.2, -0.15) is 0 Å². The van der Waals surface area contributed by atoms with Gasteiger partial charge in [-0.25, -0.2) is 0 Å². The maximum Gasteiger partial charge on any atom is 0.149 e. The third-order valence-electron chi connectivity index (χ3n) is 3.74. The molecular weight excluding hydrogens is 202 g/mol. The fourth-order valence-electron chi connectivity index (χ4n) is 2.70. The van der Waals surface area contributed by atoms with Gasteiger partial charge in [-0.05, 0) is 60.5 Å². The van der Waals surface area contributed by atoms with E-state index >= 15 is 0 Å². The van der Waals surface area contributed by atoms with Crippen LogP contribution in [0.15, 0.2) is 0 Å². The molecule has 1 saturated carbocycles. The summed E-state index contributed by atoms with van der Waals surface area (Å²) in [5.41, 5.74) is -0.239. The van der Waals surface area contributed by atoms with E-state index in [1.165, 1.54) is 0 Å². The Morgan fingerprint density at radius 1 is 1.31 bits per heavy atom. The van der Waals surface area contributed by atoms with Gasteiger partial charge in [0.1, 0.15) is 5.78 Å². The highest BCUT2D eigenvalue weighted by Gasteiger charge is 2.41. The van der Waals surface area contributed by atoms with Crippen molar-refractivity contribution in [2.24, 2.45) is 0 Å². The molecule has 0 radical (unpaired) electrons. The van der Waals surface area contributed by atoms with Crippen LogP contribution >= 0.6 is 0 Å². The van der Waals surface area contributed by atoms with Gasteiger partial charge < -0.3 is 4.74 Å². The largest absolute Gasteiger partial charge is 0.376 e. The number of nitrogens with zero attached hydrogens (tertiary/aromatic N) is 1. The lowest BCUT2D eigenvalue weighted by Crippen LogP contribution is -2.53. The molecule has 0 aromatic rings. The molecule has 1 aliphatic rings. The first-order valence-electron chi connectivity index (χ1n) is 6.22. The molecule has 0 spiro atoms. The van der Waals surface area contributed by atoms with Gasteiger partial charge in [0.05, 0.1) is 17.7 Å². The van der Waals surface area contributed by atoms with E-state index in [0.29, 0.717) is 11.9 Å². The third kappa shape index (κ3) is 2.83. The van der Waals surface area contributed by atoms with Gasteiger partial charge in [0.15, 0.2) is 0 Å². The van der Waals surface area contributed by atoms with E-state index in [1.54, 1.807) is 6.92 Å². The van der Waals surface area contributed by atoms with E-state index in [9.17, 15) is 4.79 Å². The lowest BCUT2D eigenvalue weighted by molar-refractivity contribution is -0.132. The van der Waals surface area contributed by atoms with Gasteiger partial charge >= 0.3 is 0 Å². The van der Waals surface area contributed by atoms with Gasteiger partial charge in [0, 0.05) is 0 Å². The number of rotatable bonds is 4. The Labute approximate surface area is 99.1 Å². The Kier molecular flexibility index (Phi) is 4.51. The third-order valence-corrected chi connectivity index (χ3v) is 3.74. The Bertz CT molecular complexity index is 240. The molecule has 0 aliphatic heterocycles. The lowest BCUT2D eigenvalue weighted by Gasteiger charge is -2.43. The summed E-state index contributed by atoms with van der Waals surface area (Å²) in [4.78, 5) is 13.9. The van der Waals surface area contributed by atoms with Crippen molar-refractivity contribution in [3.05, 3.63) is 0 Å². The highest BCUT2D eigenvalue weighted by Crippen LogP contribution is 2.34. The fourth-order valence-corrected chi connectivity index (χ4v) is 2.70. The second-order valence-corrected chi connectivity index (χ2v) is 5.37. The minimum absolute atomic E-state index is 0.239.